The van der Waals surface area contributed by atoms with Crippen LogP contribution in [0.4, 0.5) is 22.0 Å². The van der Waals surface area contributed by atoms with Crippen molar-refractivity contribution in [1.82, 2.24) is 14.5 Å². The Labute approximate surface area is 267 Å². The van der Waals surface area contributed by atoms with E-state index < -0.39 is 46.7 Å². The molecule has 0 amide bonds. The standard InChI is InChI=1S/C34H34F5N3O5/c1-4-47-29(43)16-9-18-40-19-17-22-10-5-6-14-27(22)42-32(44)30(23-11-7-15-28(46-3)31(23)36)21(2)41(33(42)45)20-24-25(34(37,38)39)12-8-13-26(24)35/h5-8,10-15,40H,4,9,16-20H2,1-3H3. The monoisotopic (exact) mass is 659 g/mol. The number of hydrogen-bond acceptors (Lipinski definition) is 6. The van der Waals surface area contributed by atoms with Crippen molar-refractivity contribution < 1.29 is 36.2 Å². The molecule has 3 aromatic carbocycles. The number of esters is 1. The first-order valence-corrected chi connectivity index (χ1v) is 14.9. The quantitative estimate of drug-likeness (QED) is 0.111. The Bertz CT molecular complexity index is 1870. The smallest absolute Gasteiger partial charge is 0.416 e. The minimum Gasteiger partial charge on any atom is -0.494 e. The zero-order valence-corrected chi connectivity index (χ0v) is 26.0. The molecule has 4 rings (SSSR count). The van der Waals surface area contributed by atoms with Gasteiger partial charge in [-0.2, -0.15) is 13.2 Å². The van der Waals surface area contributed by atoms with Gasteiger partial charge in [0.15, 0.2) is 11.6 Å². The van der Waals surface area contributed by atoms with Crippen LogP contribution in [-0.4, -0.2) is 41.9 Å². The zero-order valence-electron chi connectivity index (χ0n) is 26.0. The minimum absolute atomic E-state index is 0.124. The van der Waals surface area contributed by atoms with Gasteiger partial charge in [0.05, 0.1) is 37.1 Å². The predicted molar refractivity (Wildman–Crippen MR) is 166 cm³/mol. The fraction of sp³-hybridized carbons (Fsp3) is 0.324. The number of nitrogens with zero attached hydrogens (tertiary/aromatic N) is 2. The summed E-state index contributed by atoms with van der Waals surface area (Å²) in [6.45, 7) is 3.28. The number of hydrogen-bond donors (Lipinski definition) is 1. The molecule has 0 aliphatic carbocycles. The molecule has 1 aromatic heterocycles. The summed E-state index contributed by atoms with van der Waals surface area (Å²) in [4.78, 5) is 39.9. The van der Waals surface area contributed by atoms with Crippen LogP contribution in [0.15, 0.2) is 70.3 Å². The first-order valence-electron chi connectivity index (χ1n) is 14.9. The number of nitrogens with one attached hydrogen (secondary N) is 1. The van der Waals surface area contributed by atoms with Gasteiger partial charge < -0.3 is 14.8 Å². The van der Waals surface area contributed by atoms with Crippen molar-refractivity contribution >= 4 is 5.97 Å². The number of carbonyl (C=O) groups excluding carboxylic acids is 1. The Morgan fingerprint density at radius 3 is 2.38 bits per heavy atom. The Kier molecular flexibility index (Phi) is 11.3. The first-order chi connectivity index (χ1) is 22.4. The Morgan fingerprint density at radius 1 is 0.957 bits per heavy atom. The topological polar surface area (TPSA) is 91.6 Å². The number of alkyl halides is 3. The molecule has 4 aromatic rings. The van der Waals surface area contributed by atoms with Gasteiger partial charge >= 0.3 is 17.8 Å². The van der Waals surface area contributed by atoms with Gasteiger partial charge in [0.25, 0.3) is 5.56 Å². The van der Waals surface area contributed by atoms with Gasteiger partial charge in [0.2, 0.25) is 0 Å². The molecule has 0 unspecified atom stereocenters. The van der Waals surface area contributed by atoms with E-state index in [4.69, 9.17) is 9.47 Å². The second kappa shape index (κ2) is 15.2. The van der Waals surface area contributed by atoms with Crippen molar-refractivity contribution in [2.45, 2.75) is 45.8 Å². The van der Waals surface area contributed by atoms with E-state index in [2.05, 4.69) is 5.32 Å². The maximum atomic E-state index is 15.6. The van der Waals surface area contributed by atoms with Crippen molar-refractivity contribution in [2.24, 2.45) is 0 Å². The van der Waals surface area contributed by atoms with Crippen LogP contribution in [0.1, 0.15) is 42.1 Å². The van der Waals surface area contributed by atoms with Gasteiger partial charge in [-0.05, 0) is 69.6 Å². The summed E-state index contributed by atoms with van der Waals surface area (Å²) >= 11 is 0. The van der Waals surface area contributed by atoms with Crippen LogP contribution < -0.4 is 21.3 Å². The maximum Gasteiger partial charge on any atom is 0.416 e. The molecule has 0 fully saturated rings. The molecule has 250 valence electrons. The summed E-state index contributed by atoms with van der Waals surface area (Å²) in [5, 5.41) is 3.19. The highest BCUT2D eigenvalue weighted by Crippen LogP contribution is 2.34. The van der Waals surface area contributed by atoms with E-state index in [0.717, 1.165) is 21.3 Å². The fourth-order valence-electron chi connectivity index (χ4n) is 5.35. The van der Waals surface area contributed by atoms with E-state index >= 15 is 8.78 Å². The second-order valence-electron chi connectivity index (χ2n) is 10.6. The molecule has 1 heterocycles. The van der Waals surface area contributed by atoms with Gasteiger partial charge in [0.1, 0.15) is 5.82 Å². The average Bonchev–Trinajstić information content (AvgIpc) is 3.02. The number of aromatic nitrogens is 2. The highest BCUT2D eigenvalue weighted by atomic mass is 19.4. The second-order valence-corrected chi connectivity index (χ2v) is 10.6. The van der Waals surface area contributed by atoms with Crippen LogP contribution in [0.2, 0.25) is 0 Å². The summed E-state index contributed by atoms with van der Waals surface area (Å²) < 4.78 is 84.1. The Morgan fingerprint density at radius 2 is 1.68 bits per heavy atom. The van der Waals surface area contributed by atoms with Crippen molar-refractivity contribution in [2.75, 3.05) is 26.8 Å². The summed E-state index contributed by atoms with van der Waals surface area (Å²) in [7, 11) is 1.23. The van der Waals surface area contributed by atoms with Gasteiger partial charge in [-0.25, -0.2) is 18.1 Å². The third-order valence-corrected chi connectivity index (χ3v) is 7.64. The Hall–Kier alpha value is -4.78. The molecular weight excluding hydrogens is 625 g/mol. The summed E-state index contributed by atoms with van der Waals surface area (Å²) in [6.07, 6.45) is -3.88. The summed E-state index contributed by atoms with van der Waals surface area (Å²) in [6, 6.07) is 12.9. The van der Waals surface area contributed by atoms with Gasteiger partial charge in [0, 0.05) is 23.2 Å². The highest BCUT2D eigenvalue weighted by molar-refractivity contribution is 5.69. The van der Waals surface area contributed by atoms with E-state index in [1.54, 1.807) is 25.1 Å². The third kappa shape index (κ3) is 7.79. The van der Waals surface area contributed by atoms with E-state index in [1.807, 2.05) is 0 Å². The van der Waals surface area contributed by atoms with Gasteiger partial charge in [-0.1, -0.05) is 36.4 Å². The minimum atomic E-state index is -4.94. The molecule has 1 N–H and O–H groups in total. The number of halogens is 5. The molecule has 0 aliphatic heterocycles. The SMILES string of the molecule is CCOC(=O)CCCNCCc1ccccc1-n1c(=O)c(-c2cccc(OC)c2F)c(C)n(Cc2c(F)cccc2C(F)(F)F)c1=O. The maximum absolute atomic E-state index is 15.6. The average molecular weight is 660 g/mol. The van der Waals surface area contributed by atoms with Gasteiger partial charge in [-0.15, -0.1) is 0 Å². The molecule has 0 radical (unpaired) electrons. The lowest BCUT2D eigenvalue weighted by Crippen LogP contribution is -2.42. The van der Waals surface area contributed by atoms with Gasteiger partial charge in [-0.3, -0.25) is 14.2 Å². The molecular formula is C34H34F5N3O5. The van der Waals surface area contributed by atoms with Crippen molar-refractivity contribution in [3.8, 4) is 22.6 Å². The molecule has 8 nitrogen and oxygen atoms in total. The predicted octanol–water partition coefficient (Wildman–Crippen LogP) is 5.80. The highest BCUT2D eigenvalue weighted by Gasteiger charge is 2.35. The number of benzene rings is 3. The van der Waals surface area contributed by atoms with E-state index in [1.165, 1.54) is 38.3 Å². The number of carbonyl (C=O) groups is 1. The molecule has 0 atom stereocenters. The van der Waals surface area contributed by atoms with E-state index in [0.29, 0.717) is 44.2 Å². The van der Waals surface area contributed by atoms with E-state index in [-0.39, 0.29) is 40.6 Å². The van der Waals surface area contributed by atoms with E-state index in [9.17, 15) is 27.6 Å². The lowest BCUT2D eigenvalue weighted by atomic mass is 10.0. The molecule has 0 spiro atoms. The largest absolute Gasteiger partial charge is 0.494 e. The fourth-order valence-corrected chi connectivity index (χ4v) is 5.35. The van der Waals surface area contributed by atoms with Crippen molar-refractivity contribution in [3.05, 3.63) is 116 Å². The molecule has 13 heteroatoms. The zero-order chi connectivity index (χ0) is 34.3. The van der Waals surface area contributed by atoms with Crippen LogP contribution in [0.3, 0.4) is 0 Å². The van der Waals surface area contributed by atoms with Crippen LogP contribution in [0.5, 0.6) is 5.75 Å². The molecule has 0 saturated heterocycles. The van der Waals surface area contributed by atoms with Crippen LogP contribution in [0.25, 0.3) is 16.8 Å². The normalized spacial score (nSPS) is 11.5. The number of ether oxygens (including phenoxy) is 2. The summed E-state index contributed by atoms with van der Waals surface area (Å²) in [5.41, 5.74) is -4.13. The van der Waals surface area contributed by atoms with Crippen molar-refractivity contribution in [1.29, 1.82) is 0 Å². The summed E-state index contributed by atoms with van der Waals surface area (Å²) in [5.74, 6) is -2.63. The molecule has 0 bridgehead atoms. The van der Waals surface area contributed by atoms with Crippen LogP contribution >= 0.6 is 0 Å². The Balaban J connectivity index is 1.86. The lowest BCUT2D eigenvalue weighted by molar-refractivity contribution is -0.143. The number of methoxy groups -OCH3 is 1. The first kappa shape index (κ1) is 35.1. The lowest BCUT2D eigenvalue weighted by Gasteiger charge is -2.21. The molecule has 47 heavy (non-hydrogen) atoms. The van der Waals surface area contributed by atoms with Crippen molar-refractivity contribution in [3.63, 3.8) is 0 Å². The third-order valence-electron chi connectivity index (χ3n) is 7.64. The molecule has 0 saturated carbocycles. The number of para-hydroxylation sites is 1. The van der Waals surface area contributed by atoms with Crippen LogP contribution in [0, 0.1) is 18.6 Å². The van der Waals surface area contributed by atoms with Crippen LogP contribution in [-0.2, 0) is 28.7 Å². The number of rotatable bonds is 13. The molecule has 0 aliphatic rings.